The molecule has 0 spiro atoms. The SMILES string of the molecule is CCC[C@@H](C)NC(=O)CSc1nnc(Cc2cccs2)n1C1CC1. The van der Waals surface area contributed by atoms with Gasteiger partial charge < -0.3 is 9.88 Å². The summed E-state index contributed by atoms with van der Waals surface area (Å²) in [6, 6.07) is 4.94. The van der Waals surface area contributed by atoms with Crippen molar-refractivity contribution in [3.63, 3.8) is 0 Å². The molecule has 0 bridgehead atoms. The number of nitrogens with one attached hydrogen (secondary N) is 1. The van der Waals surface area contributed by atoms with E-state index in [-0.39, 0.29) is 11.9 Å². The first-order valence-corrected chi connectivity index (χ1v) is 10.4. The van der Waals surface area contributed by atoms with Crippen LogP contribution in [0.25, 0.3) is 0 Å². The van der Waals surface area contributed by atoms with Gasteiger partial charge in [0, 0.05) is 23.4 Å². The maximum atomic E-state index is 12.1. The maximum Gasteiger partial charge on any atom is 0.230 e. The Morgan fingerprint density at radius 2 is 2.33 bits per heavy atom. The first kappa shape index (κ1) is 17.5. The molecule has 0 unspecified atom stereocenters. The minimum Gasteiger partial charge on any atom is -0.353 e. The third kappa shape index (κ3) is 4.60. The van der Waals surface area contributed by atoms with Crippen LogP contribution >= 0.6 is 23.1 Å². The number of nitrogens with zero attached hydrogens (tertiary/aromatic N) is 3. The highest BCUT2D eigenvalue weighted by Crippen LogP contribution is 2.39. The molecule has 3 rings (SSSR count). The van der Waals surface area contributed by atoms with Crippen molar-refractivity contribution >= 4 is 29.0 Å². The van der Waals surface area contributed by atoms with Gasteiger partial charge in [-0.05, 0) is 37.6 Å². The molecular formula is C17H24N4OS2. The number of aromatic nitrogens is 3. The van der Waals surface area contributed by atoms with Gasteiger partial charge in [-0.3, -0.25) is 4.79 Å². The summed E-state index contributed by atoms with van der Waals surface area (Å²) < 4.78 is 2.24. The van der Waals surface area contributed by atoms with Gasteiger partial charge in [-0.25, -0.2) is 0 Å². The molecule has 5 nitrogen and oxygen atoms in total. The van der Waals surface area contributed by atoms with E-state index >= 15 is 0 Å². The highest BCUT2D eigenvalue weighted by Gasteiger charge is 2.30. The normalized spacial score (nSPS) is 15.4. The lowest BCUT2D eigenvalue weighted by atomic mass is 10.2. The standard InChI is InChI=1S/C17H24N4OS2/c1-3-5-12(2)18-16(22)11-24-17-20-19-15(21(17)13-7-8-13)10-14-6-4-9-23-14/h4,6,9,12-13H,3,5,7-8,10-11H2,1-2H3,(H,18,22)/t12-/m1/s1. The van der Waals surface area contributed by atoms with Gasteiger partial charge in [0.2, 0.25) is 5.91 Å². The van der Waals surface area contributed by atoms with E-state index in [2.05, 4.69) is 51.4 Å². The molecule has 0 radical (unpaired) electrons. The quantitative estimate of drug-likeness (QED) is 0.690. The van der Waals surface area contributed by atoms with Crippen LogP contribution in [0.3, 0.4) is 0 Å². The summed E-state index contributed by atoms with van der Waals surface area (Å²) in [4.78, 5) is 13.4. The molecule has 1 N–H and O–H groups in total. The molecule has 0 saturated heterocycles. The Morgan fingerprint density at radius 3 is 3.00 bits per heavy atom. The molecule has 130 valence electrons. The molecule has 2 aromatic heterocycles. The van der Waals surface area contributed by atoms with Crippen LogP contribution in [0.5, 0.6) is 0 Å². The lowest BCUT2D eigenvalue weighted by Crippen LogP contribution is -2.33. The van der Waals surface area contributed by atoms with Crippen molar-refractivity contribution in [2.45, 2.75) is 63.2 Å². The van der Waals surface area contributed by atoms with E-state index < -0.39 is 0 Å². The van der Waals surface area contributed by atoms with E-state index in [0.717, 1.165) is 30.2 Å². The van der Waals surface area contributed by atoms with Crippen LogP contribution in [-0.2, 0) is 11.2 Å². The Hall–Kier alpha value is -1.34. The summed E-state index contributed by atoms with van der Waals surface area (Å²) in [5.74, 6) is 1.49. The molecule has 1 saturated carbocycles. The molecule has 2 heterocycles. The number of amides is 1. The number of carbonyl (C=O) groups is 1. The zero-order valence-electron chi connectivity index (χ0n) is 14.2. The van der Waals surface area contributed by atoms with Crippen LogP contribution in [0.1, 0.15) is 56.3 Å². The van der Waals surface area contributed by atoms with Crippen molar-refractivity contribution in [3.8, 4) is 0 Å². The minimum absolute atomic E-state index is 0.0751. The molecule has 0 aromatic carbocycles. The van der Waals surface area contributed by atoms with E-state index in [1.54, 1.807) is 11.3 Å². The van der Waals surface area contributed by atoms with Gasteiger partial charge in [-0.2, -0.15) is 0 Å². The van der Waals surface area contributed by atoms with Crippen molar-refractivity contribution in [3.05, 3.63) is 28.2 Å². The van der Waals surface area contributed by atoms with Gasteiger partial charge in [-0.15, -0.1) is 21.5 Å². The third-order valence-corrected chi connectivity index (χ3v) is 5.84. The van der Waals surface area contributed by atoms with Gasteiger partial charge in [0.15, 0.2) is 5.16 Å². The zero-order valence-corrected chi connectivity index (χ0v) is 15.8. The molecule has 1 atom stereocenters. The number of thiophene rings is 1. The lowest BCUT2D eigenvalue weighted by molar-refractivity contribution is -0.119. The lowest BCUT2D eigenvalue weighted by Gasteiger charge is -2.12. The van der Waals surface area contributed by atoms with Crippen LogP contribution in [0, 0.1) is 0 Å². The molecule has 7 heteroatoms. The fourth-order valence-electron chi connectivity index (χ4n) is 2.75. The van der Waals surface area contributed by atoms with Crippen LogP contribution in [-0.4, -0.2) is 32.5 Å². The summed E-state index contributed by atoms with van der Waals surface area (Å²) >= 11 is 3.24. The summed E-state index contributed by atoms with van der Waals surface area (Å²) in [5.41, 5.74) is 0. The van der Waals surface area contributed by atoms with Crippen molar-refractivity contribution in [1.29, 1.82) is 0 Å². The van der Waals surface area contributed by atoms with E-state index in [0.29, 0.717) is 11.8 Å². The van der Waals surface area contributed by atoms with Gasteiger partial charge in [0.25, 0.3) is 0 Å². The Balaban J connectivity index is 1.61. The number of rotatable bonds is 9. The van der Waals surface area contributed by atoms with Crippen LogP contribution in [0.4, 0.5) is 0 Å². The fraction of sp³-hybridized carbons (Fsp3) is 0.588. The second kappa shape index (κ2) is 8.16. The molecular weight excluding hydrogens is 340 g/mol. The number of carbonyl (C=O) groups excluding carboxylic acids is 1. The molecule has 1 amide bonds. The van der Waals surface area contributed by atoms with E-state index in [9.17, 15) is 4.79 Å². The second-order valence-corrected chi connectivity index (χ2v) is 8.28. The number of thioether (sulfide) groups is 1. The maximum absolute atomic E-state index is 12.1. The zero-order chi connectivity index (χ0) is 16.9. The average Bonchev–Trinajstić information content (AvgIpc) is 3.10. The molecule has 24 heavy (non-hydrogen) atoms. The highest BCUT2D eigenvalue weighted by atomic mass is 32.2. The van der Waals surface area contributed by atoms with Gasteiger partial charge in [-0.1, -0.05) is 31.2 Å². The summed E-state index contributed by atoms with van der Waals surface area (Å²) in [7, 11) is 0. The molecule has 1 fully saturated rings. The second-order valence-electron chi connectivity index (χ2n) is 6.30. The number of hydrogen-bond donors (Lipinski definition) is 1. The van der Waals surface area contributed by atoms with Crippen molar-refractivity contribution in [1.82, 2.24) is 20.1 Å². The minimum atomic E-state index is 0.0751. The van der Waals surface area contributed by atoms with Gasteiger partial charge in [0.1, 0.15) is 5.82 Å². The Bertz CT molecular complexity index is 664. The van der Waals surface area contributed by atoms with Gasteiger partial charge in [0.05, 0.1) is 5.75 Å². The monoisotopic (exact) mass is 364 g/mol. The Labute approximate surface area is 151 Å². The van der Waals surface area contributed by atoms with E-state index in [1.165, 1.54) is 29.5 Å². The van der Waals surface area contributed by atoms with Crippen LogP contribution in [0.2, 0.25) is 0 Å². The first-order valence-electron chi connectivity index (χ1n) is 8.55. The van der Waals surface area contributed by atoms with Gasteiger partial charge >= 0.3 is 0 Å². The largest absolute Gasteiger partial charge is 0.353 e. The van der Waals surface area contributed by atoms with Crippen molar-refractivity contribution in [2.75, 3.05) is 5.75 Å². The summed E-state index contributed by atoms with van der Waals surface area (Å²) in [5, 5.41) is 14.7. The van der Waals surface area contributed by atoms with Crippen molar-refractivity contribution < 1.29 is 4.79 Å². The predicted octanol–water partition coefficient (Wildman–Crippen LogP) is 3.66. The summed E-state index contributed by atoms with van der Waals surface area (Å²) in [6.45, 7) is 4.18. The molecule has 2 aromatic rings. The molecule has 1 aliphatic carbocycles. The molecule has 1 aliphatic rings. The third-order valence-electron chi connectivity index (χ3n) is 4.02. The van der Waals surface area contributed by atoms with E-state index in [1.807, 2.05) is 0 Å². The van der Waals surface area contributed by atoms with Crippen molar-refractivity contribution in [2.24, 2.45) is 0 Å². The number of hydrogen-bond acceptors (Lipinski definition) is 5. The highest BCUT2D eigenvalue weighted by molar-refractivity contribution is 7.99. The average molecular weight is 365 g/mol. The van der Waals surface area contributed by atoms with Crippen LogP contribution < -0.4 is 5.32 Å². The summed E-state index contributed by atoms with van der Waals surface area (Å²) in [6.07, 6.45) is 5.28. The fourth-order valence-corrected chi connectivity index (χ4v) is 4.28. The Kier molecular flexibility index (Phi) is 5.94. The first-order chi connectivity index (χ1) is 11.7. The smallest absolute Gasteiger partial charge is 0.230 e. The topological polar surface area (TPSA) is 59.8 Å². The predicted molar refractivity (Wildman–Crippen MR) is 98.7 cm³/mol. The van der Waals surface area contributed by atoms with E-state index in [4.69, 9.17) is 0 Å². The Morgan fingerprint density at radius 1 is 1.50 bits per heavy atom. The van der Waals surface area contributed by atoms with Crippen LogP contribution in [0.15, 0.2) is 22.7 Å². The molecule has 0 aliphatic heterocycles.